The number of ether oxygens (including phenoxy) is 2. The minimum atomic E-state index is -3.58. The number of unbranched alkanes of at least 4 members (excludes halogenated alkanes) is 3. The number of carbonyl (C=O) groups excluding carboxylic acids is 4. The normalized spacial score (nSPS) is 18.0. The van der Waals surface area contributed by atoms with Gasteiger partial charge in [-0.2, -0.15) is 4.98 Å². The molecular weight excluding hydrogens is 772 g/mol. The molecular formula is C41H49FN6O9S. The number of benzene rings is 2. The summed E-state index contributed by atoms with van der Waals surface area (Å²) >= 11 is 0. The van der Waals surface area contributed by atoms with Crippen molar-refractivity contribution >= 4 is 55.9 Å². The van der Waals surface area contributed by atoms with Crippen molar-refractivity contribution in [1.82, 2.24) is 24.5 Å². The van der Waals surface area contributed by atoms with Gasteiger partial charge in [0, 0.05) is 30.8 Å². The summed E-state index contributed by atoms with van der Waals surface area (Å²) in [4.78, 5) is 62.5. The lowest BCUT2D eigenvalue weighted by molar-refractivity contribution is -0.139. The second-order valence-electron chi connectivity index (χ2n) is 14.8. The summed E-state index contributed by atoms with van der Waals surface area (Å²) in [5.74, 6) is -1.92. The molecule has 2 aliphatic rings. The highest BCUT2D eigenvalue weighted by molar-refractivity contribution is 7.90. The van der Waals surface area contributed by atoms with Gasteiger partial charge in [0.2, 0.25) is 33.3 Å². The third-order valence-electron chi connectivity index (χ3n) is 10.6. The molecule has 0 radical (unpaired) electrons. The monoisotopic (exact) mass is 820 g/mol. The standard InChI is InChI=1S/C41H49FN6O9S/c1-4-25(21-34(49)47(2)58(53,54)29-18-19-29)13-9-6-5-7-12-16-31(44-41(52)55-3)40(51)48-24-28(23-32(48)37(43)50)56-39-36-35(30-22-27(42)17-20-33(30)57-36)45-38(46-39)26-14-10-8-11-15-26/h8-11,13-15,17,20,22,25,28-29,31-32H,4-7,12,16,18-19,21,23-24H2,1-3H3,(H2,43,50)(H,44,52)/b13-9-/t25-,28+,31-,32-/m0/s1. The molecule has 6 rings (SSSR count). The van der Waals surface area contributed by atoms with Crippen LogP contribution >= 0.6 is 0 Å². The summed E-state index contributed by atoms with van der Waals surface area (Å²) < 4.78 is 57.3. The van der Waals surface area contributed by atoms with E-state index in [1.165, 1.54) is 37.3 Å². The Morgan fingerprint density at radius 2 is 1.86 bits per heavy atom. The largest absolute Gasteiger partial charge is 0.470 e. The number of sulfonamides is 1. The quantitative estimate of drug-likeness (QED) is 0.0932. The van der Waals surface area contributed by atoms with Crippen LogP contribution in [0, 0.1) is 11.7 Å². The first-order chi connectivity index (χ1) is 27.8. The van der Waals surface area contributed by atoms with E-state index in [1.807, 2.05) is 49.4 Å². The summed E-state index contributed by atoms with van der Waals surface area (Å²) in [7, 11) is -1.06. The van der Waals surface area contributed by atoms with E-state index in [-0.39, 0.29) is 43.2 Å². The third kappa shape index (κ3) is 9.74. The molecule has 4 atom stereocenters. The molecule has 0 spiro atoms. The Balaban J connectivity index is 1.09. The van der Waals surface area contributed by atoms with Crippen molar-refractivity contribution in [1.29, 1.82) is 0 Å². The van der Waals surface area contributed by atoms with E-state index in [0.717, 1.165) is 10.7 Å². The van der Waals surface area contributed by atoms with Crippen molar-refractivity contribution in [2.75, 3.05) is 20.7 Å². The predicted octanol–water partition coefficient (Wildman–Crippen LogP) is 5.61. The van der Waals surface area contributed by atoms with Crippen molar-refractivity contribution in [3.8, 4) is 17.3 Å². The van der Waals surface area contributed by atoms with Crippen LogP contribution in [0.1, 0.15) is 71.1 Å². The molecule has 1 aliphatic carbocycles. The molecule has 3 heterocycles. The van der Waals surface area contributed by atoms with E-state index in [1.54, 1.807) is 0 Å². The molecule has 310 valence electrons. The summed E-state index contributed by atoms with van der Waals surface area (Å²) in [5.41, 5.74) is 7.36. The minimum Gasteiger partial charge on any atom is -0.470 e. The van der Waals surface area contributed by atoms with Crippen molar-refractivity contribution in [3.63, 3.8) is 0 Å². The Labute approximate surface area is 336 Å². The second kappa shape index (κ2) is 18.3. The zero-order valence-corrected chi connectivity index (χ0v) is 33.6. The average Bonchev–Trinajstić information content (AvgIpc) is 3.91. The van der Waals surface area contributed by atoms with E-state index < -0.39 is 63.1 Å². The molecule has 2 fully saturated rings. The number of nitrogens with one attached hydrogen (secondary N) is 1. The number of alkyl carbamates (subject to hydrolysis) is 1. The maximum atomic E-state index is 14.3. The van der Waals surface area contributed by atoms with Gasteiger partial charge < -0.3 is 29.8 Å². The zero-order valence-electron chi connectivity index (χ0n) is 32.8. The van der Waals surface area contributed by atoms with Crippen molar-refractivity contribution in [3.05, 3.63) is 66.5 Å². The number of aromatic nitrogens is 2. The highest BCUT2D eigenvalue weighted by Crippen LogP contribution is 2.36. The fraction of sp³-hybridized carbons (Fsp3) is 0.463. The molecule has 4 amide bonds. The molecule has 4 aromatic rings. The van der Waals surface area contributed by atoms with Crippen LogP contribution in [0.5, 0.6) is 5.88 Å². The Hall–Kier alpha value is -5.58. The van der Waals surface area contributed by atoms with Crippen LogP contribution in [0.4, 0.5) is 9.18 Å². The fourth-order valence-corrected chi connectivity index (χ4v) is 8.65. The van der Waals surface area contributed by atoms with Gasteiger partial charge >= 0.3 is 6.09 Å². The van der Waals surface area contributed by atoms with Crippen LogP contribution in [-0.2, 0) is 29.1 Å². The highest BCUT2D eigenvalue weighted by atomic mass is 32.2. The molecule has 0 bridgehead atoms. The van der Waals surface area contributed by atoms with Gasteiger partial charge in [-0.3, -0.25) is 14.4 Å². The number of methoxy groups -OCH3 is 1. The van der Waals surface area contributed by atoms with Gasteiger partial charge in [0.1, 0.15) is 35.1 Å². The van der Waals surface area contributed by atoms with Gasteiger partial charge in [0.05, 0.1) is 18.9 Å². The van der Waals surface area contributed by atoms with Crippen LogP contribution in [0.2, 0.25) is 0 Å². The van der Waals surface area contributed by atoms with Crippen LogP contribution in [0.25, 0.3) is 33.5 Å². The lowest BCUT2D eigenvalue weighted by Crippen LogP contribution is -2.53. The van der Waals surface area contributed by atoms with E-state index in [0.29, 0.717) is 66.4 Å². The number of furan rings is 1. The van der Waals surface area contributed by atoms with E-state index in [9.17, 15) is 32.0 Å². The first-order valence-electron chi connectivity index (χ1n) is 19.5. The molecule has 15 nitrogen and oxygen atoms in total. The molecule has 2 aromatic heterocycles. The first-order valence-corrected chi connectivity index (χ1v) is 21.0. The fourth-order valence-electron chi connectivity index (χ4n) is 7.11. The number of allylic oxidation sites excluding steroid dienone is 2. The Morgan fingerprint density at radius 3 is 2.55 bits per heavy atom. The van der Waals surface area contributed by atoms with Crippen LogP contribution < -0.4 is 15.8 Å². The molecule has 2 aromatic carbocycles. The predicted molar refractivity (Wildman–Crippen MR) is 213 cm³/mol. The lowest BCUT2D eigenvalue weighted by Gasteiger charge is -2.27. The molecule has 17 heteroatoms. The van der Waals surface area contributed by atoms with E-state index in [4.69, 9.17) is 19.6 Å². The SMILES string of the molecule is CC[C@@H](/C=C\CCCCC[C@H](NC(=O)OC)C(=O)N1C[C@H](Oc2nc(-c3ccccc3)nc3c2oc2ccc(F)cc23)C[C@H]1C(N)=O)CC(=O)N(C)S(=O)(=O)C1CC1. The average molecular weight is 821 g/mol. The highest BCUT2D eigenvalue weighted by Gasteiger charge is 2.43. The number of nitrogens with two attached hydrogens (primary N) is 1. The maximum Gasteiger partial charge on any atom is 0.407 e. The number of fused-ring (bicyclic) bond motifs is 3. The van der Waals surface area contributed by atoms with Gasteiger partial charge in [-0.25, -0.2) is 26.9 Å². The van der Waals surface area contributed by atoms with Gasteiger partial charge in [0.15, 0.2) is 5.82 Å². The number of halogens is 1. The summed E-state index contributed by atoms with van der Waals surface area (Å²) in [6, 6.07) is 11.1. The summed E-state index contributed by atoms with van der Waals surface area (Å²) in [6.07, 6.45) is 7.31. The number of amides is 4. The Kier molecular flexibility index (Phi) is 13.3. The maximum absolute atomic E-state index is 14.3. The second-order valence-corrected chi connectivity index (χ2v) is 17.0. The molecule has 58 heavy (non-hydrogen) atoms. The van der Waals surface area contributed by atoms with Crippen LogP contribution in [0.3, 0.4) is 0 Å². The van der Waals surface area contributed by atoms with Gasteiger partial charge in [-0.1, -0.05) is 62.2 Å². The van der Waals surface area contributed by atoms with E-state index >= 15 is 0 Å². The van der Waals surface area contributed by atoms with Crippen molar-refractivity contribution in [2.45, 2.75) is 94.6 Å². The zero-order chi connectivity index (χ0) is 41.6. The van der Waals surface area contributed by atoms with E-state index in [2.05, 4.69) is 15.3 Å². The first kappa shape index (κ1) is 42.0. The number of hydrogen-bond acceptors (Lipinski definition) is 11. The minimum absolute atomic E-state index is 0.0380. The smallest absolute Gasteiger partial charge is 0.407 e. The van der Waals surface area contributed by atoms with Gasteiger partial charge in [0.25, 0.3) is 5.88 Å². The number of primary amides is 1. The Bertz CT molecular complexity index is 2280. The van der Waals surface area contributed by atoms with Crippen LogP contribution in [-0.4, -0.2) is 95.5 Å². The topological polar surface area (TPSA) is 204 Å². The summed E-state index contributed by atoms with van der Waals surface area (Å²) in [6.45, 7) is 1.89. The van der Waals surface area contributed by atoms with Crippen molar-refractivity contribution < 1.29 is 45.9 Å². The number of likely N-dealkylation sites (tertiary alicyclic amines) is 1. The number of carbonyl (C=O) groups is 4. The van der Waals surface area contributed by atoms with Crippen molar-refractivity contribution in [2.24, 2.45) is 11.7 Å². The molecule has 3 N–H and O–H groups in total. The summed E-state index contributed by atoms with van der Waals surface area (Å²) in [5, 5.41) is 2.58. The number of hydrogen-bond donors (Lipinski definition) is 2. The molecule has 1 aliphatic heterocycles. The number of rotatable bonds is 18. The number of nitrogens with zero attached hydrogens (tertiary/aromatic N) is 4. The molecule has 1 saturated heterocycles. The Morgan fingerprint density at radius 1 is 1.10 bits per heavy atom. The van der Waals surface area contributed by atoms with Crippen LogP contribution in [0.15, 0.2) is 65.1 Å². The van der Waals surface area contributed by atoms with Gasteiger partial charge in [-0.15, -0.1) is 0 Å². The third-order valence-corrected chi connectivity index (χ3v) is 12.9. The molecule has 1 saturated carbocycles. The van der Waals surface area contributed by atoms with Gasteiger partial charge in [-0.05, 0) is 62.6 Å². The lowest BCUT2D eigenvalue weighted by atomic mass is 10.00. The molecule has 0 unspecified atom stereocenters.